The van der Waals surface area contributed by atoms with Gasteiger partial charge in [0.15, 0.2) is 0 Å². The summed E-state index contributed by atoms with van der Waals surface area (Å²) in [6.07, 6.45) is 4.15. The van der Waals surface area contributed by atoms with Gasteiger partial charge in [-0.15, -0.1) is 0 Å². The van der Waals surface area contributed by atoms with Crippen LogP contribution in [0.5, 0.6) is 0 Å². The highest BCUT2D eigenvalue weighted by molar-refractivity contribution is 5.08. The third-order valence-electron chi connectivity index (χ3n) is 2.77. The fraction of sp³-hybridized carbons (Fsp3) is 0.833. The minimum absolute atomic E-state index is 0.111. The first-order chi connectivity index (χ1) is 7.09. The van der Waals surface area contributed by atoms with Crippen LogP contribution in [0.4, 0.5) is 0 Å². The van der Waals surface area contributed by atoms with E-state index < -0.39 is 0 Å². The SMILES string of the molecule is CCNC(CC(C)(C)OC)C1=CCCO1. The molecule has 1 N–H and O–H groups in total. The molecule has 0 aromatic heterocycles. The molecule has 1 aliphatic heterocycles. The molecular formula is C12H23NO2. The zero-order chi connectivity index (χ0) is 11.3. The standard InChI is InChI=1S/C12H23NO2/c1-5-13-10(9-12(2,3)14-4)11-7-6-8-15-11/h7,10,13H,5-6,8-9H2,1-4H3. The smallest absolute Gasteiger partial charge is 0.109 e. The molecule has 0 spiro atoms. The summed E-state index contributed by atoms with van der Waals surface area (Å²) in [5, 5.41) is 3.44. The molecule has 0 aromatic rings. The van der Waals surface area contributed by atoms with E-state index in [9.17, 15) is 0 Å². The lowest BCUT2D eigenvalue weighted by molar-refractivity contribution is 0.00567. The van der Waals surface area contributed by atoms with Gasteiger partial charge in [-0.3, -0.25) is 0 Å². The number of rotatable bonds is 6. The van der Waals surface area contributed by atoms with E-state index in [-0.39, 0.29) is 11.6 Å². The van der Waals surface area contributed by atoms with Gasteiger partial charge < -0.3 is 14.8 Å². The molecule has 0 saturated carbocycles. The van der Waals surface area contributed by atoms with Crippen LogP contribution in [0.15, 0.2) is 11.8 Å². The molecule has 0 aromatic carbocycles. The van der Waals surface area contributed by atoms with Crippen molar-refractivity contribution in [3.05, 3.63) is 11.8 Å². The van der Waals surface area contributed by atoms with E-state index in [1.54, 1.807) is 7.11 Å². The summed E-state index contributed by atoms with van der Waals surface area (Å²) >= 11 is 0. The Morgan fingerprint density at radius 2 is 2.33 bits per heavy atom. The average molecular weight is 213 g/mol. The highest BCUT2D eigenvalue weighted by Crippen LogP contribution is 2.23. The molecule has 1 heterocycles. The molecule has 1 atom stereocenters. The Hall–Kier alpha value is -0.540. The second-order valence-electron chi connectivity index (χ2n) is 4.52. The minimum Gasteiger partial charge on any atom is -0.496 e. The molecular weight excluding hydrogens is 190 g/mol. The maximum atomic E-state index is 5.60. The fourth-order valence-electron chi connectivity index (χ4n) is 1.77. The fourth-order valence-corrected chi connectivity index (χ4v) is 1.77. The number of hydrogen-bond donors (Lipinski definition) is 1. The summed E-state index contributed by atoms with van der Waals surface area (Å²) in [4.78, 5) is 0. The van der Waals surface area contributed by atoms with E-state index >= 15 is 0 Å². The maximum Gasteiger partial charge on any atom is 0.109 e. The molecule has 88 valence electrons. The first-order valence-electron chi connectivity index (χ1n) is 5.70. The first-order valence-corrected chi connectivity index (χ1v) is 5.70. The molecule has 1 aliphatic rings. The van der Waals surface area contributed by atoms with Crippen molar-refractivity contribution in [1.82, 2.24) is 5.32 Å². The van der Waals surface area contributed by atoms with Crippen LogP contribution in [0.2, 0.25) is 0 Å². The Morgan fingerprint density at radius 3 is 2.80 bits per heavy atom. The van der Waals surface area contributed by atoms with E-state index in [0.29, 0.717) is 0 Å². The maximum absolute atomic E-state index is 5.60. The van der Waals surface area contributed by atoms with Gasteiger partial charge in [0, 0.05) is 13.5 Å². The summed E-state index contributed by atoms with van der Waals surface area (Å²) in [7, 11) is 1.76. The van der Waals surface area contributed by atoms with E-state index in [2.05, 4.69) is 32.2 Å². The van der Waals surface area contributed by atoms with Crippen molar-refractivity contribution in [1.29, 1.82) is 0 Å². The van der Waals surface area contributed by atoms with E-state index in [4.69, 9.17) is 9.47 Å². The number of ether oxygens (including phenoxy) is 2. The van der Waals surface area contributed by atoms with Gasteiger partial charge in [-0.25, -0.2) is 0 Å². The molecule has 0 saturated heterocycles. The third-order valence-corrected chi connectivity index (χ3v) is 2.77. The predicted molar refractivity (Wildman–Crippen MR) is 61.8 cm³/mol. The summed E-state index contributed by atoms with van der Waals surface area (Å²) < 4.78 is 11.1. The van der Waals surface area contributed by atoms with Crippen molar-refractivity contribution in [3.8, 4) is 0 Å². The van der Waals surface area contributed by atoms with E-state index in [0.717, 1.165) is 31.8 Å². The van der Waals surface area contributed by atoms with Gasteiger partial charge in [0.25, 0.3) is 0 Å². The molecule has 0 radical (unpaired) electrons. The molecule has 0 fully saturated rings. The van der Waals surface area contributed by atoms with Crippen molar-refractivity contribution >= 4 is 0 Å². The van der Waals surface area contributed by atoms with E-state index in [1.165, 1.54) is 0 Å². The molecule has 0 bridgehead atoms. The lowest BCUT2D eigenvalue weighted by atomic mass is 9.97. The van der Waals surface area contributed by atoms with Crippen molar-refractivity contribution < 1.29 is 9.47 Å². The number of methoxy groups -OCH3 is 1. The lowest BCUT2D eigenvalue weighted by Gasteiger charge is -2.29. The van der Waals surface area contributed by atoms with Gasteiger partial charge in [-0.1, -0.05) is 6.92 Å². The molecule has 3 nitrogen and oxygen atoms in total. The van der Waals surface area contributed by atoms with Crippen molar-refractivity contribution in [2.24, 2.45) is 0 Å². The second kappa shape index (κ2) is 5.52. The molecule has 1 rings (SSSR count). The summed E-state index contributed by atoms with van der Waals surface area (Å²) in [5.41, 5.74) is -0.111. The van der Waals surface area contributed by atoms with Crippen LogP contribution >= 0.6 is 0 Å². The van der Waals surface area contributed by atoms with Gasteiger partial charge in [-0.05, 0) is 32.9 Å². The van der Waals surface area contributed by atoms with Gasteiger partial charge in [0.05, 0.1) is 18.2 Å². The van der Waals surface area contributed by atoms with Gasteiger partial charge in [-0.2, -0.15) is 0 Å². The van der Waals surface area contributed by atoms with Crippen LogP contribution in [-0.2, 0) is 9.47 Å². The molecule has 15 heavy (non-hydrogen) atoms. The number of hydrogen-bond acceptors (Lipinski definition) is 3. The summed E-state index contributed by atoms with van der Waals surface area (Å²) in [6.45, 7) is 8.10. The predicted octanol–water partition coefficient (Wildman–Crippen LogP) is 2.08. The Balaban J connectivity index is 2.57. The van der Waals surface area contributed by atoms with Crippen molar-refractivity contribution in [2.45, 2.75) is 45.3 Å². The topological polar surface area (TPSA) is 30.5 Å². The molecule has 3 heteroatoms. The first kappa shape index (κ1) is 12.5. The summed E-state index contributed by atoms with van der Waals surface area (Å²) in [6, 6.07) is 0.285. The molecule has 0 amide bonds. The number of nitrogens with one attached hydrogen (secondary N) is 1. The zero-order valence-corrected chi connectivity index (χ0v) is 10.3. The van der Waals surface area contributed by atoms with Gasteiger partial charge >= 0.3 is 0 Å². The van der Waals surface area contributed by atoms with Gasteiger partial charge in [0.2, 0.25) is 0 Å². The number of likely N-dealkylation sites (N-methyl/N-ethyl adjacent to an activating group) is 1. The highest BCUT2D eigenvalue weighted by atomic mass is 16.5. The van der Waals surface area contributed by atoms with Crippen LogP contribution in [0.1, 0.15) is 33.6 Å². The van der Waals surface area contributed by atoms with Crippen molar-refractivity contribution in [3.63, 3.8) is 0 Å². The van der Waals surface area contributed by atoms with Crippen LogP contribution < -0.4 is 5.32 Å². The highest BCUT2D eigenvalue weighted by Gasteiger charge is 2.26. The lowest BCUT2D eigenvalue weighted by Crippen LogP contribution is -2.39. The van der Waals surface area contributed by atoms with Crippen LogP contribution in [0, 0.1) is 0 Å². The Bertz CT molecular complexity index is 224. The molecule has 1 unspecified atom stereocenters. The Labute approximate surface area is 92.8 Å². The minimum atomic E-state index is -0.111. The zero-order valence-electron chi connectivity index (χ0n) is 10.3. The Kier molecular flexibility index (Phi) is 4.61. The third kappa shape index (κ3) is 3.84. The quantitative estimate of drug-likeness (QED) is 0.733. The summed E-state index contributed by atoms with van der Waals surface area (Å²) in [5.74, 6) is 1.09. The van der Waals surface area contributed by atoms with Crippen LogP contribution in [-0.4, -0.2) is 31.9 Å². The Morgan fingerprint density at radius 1 is 1.60 bits per heavy atom. The largest absolute Gasteiger partial charge is 0.496 e. The molecule has 0 aliphatic carbocycles. The van der Waals surface area contributed by atoms with Crippen LogP contribution in [0.25, 0.3) is 0 Å². The van der Waals surface area contributed by atoms with E-state index in [1.807, 2.05) is 0 Å². The monoisotopic (exact) mass is 213 g/mol. The van der Waals surface area contributed by atoms with Gasteiger partial charge in [0.1, 0.15) is 5.76 Å². The average Bonchev–Trinajstić information content (AvgIpc) is 2.70. The normalized spacial score (nSPS) is 18.5. The second-order valence-corrected chi connectivity index (χ2v) is 4.52. The van der Waals surface area contributed by atoms with Crippen LogP contribution in [0.3, 0.4) is 0 Å². The van der Waals surface area contributed by atoms with Crippen molar-refractivity contribution in [2.75, 3.05) is 20.3 Å².